The van der Waals surface area contributed by atoms with E-state index in [9.17, 15) is 9.59 Å². The molecule has 0 saturated carbocycles. The van der Waals surface area contributed by atoms with E-state index in [1.807, 2.05) is 24.3 Å². The van der Waals surface area contributed by atoms with Crippen LogP contribution in [0.3, 0.4) is 0 Å². The number of amides is 2. The van der Waals surface area contributed by atoms with E-state index < -0.39 is 5.91 Å². The van der Waals surface area contributed by atoms with Gasteiger partial charge in [0.05, 0.1) is 17.8 Å². The van der Waals surface area contributed by atoms with Crippen molar-refractivity contribution in [3.05, 3.63) is 45.7 Å². The Kier molecular flexibility index (Phi) is 5.92. The fraction of sp³-hybridized carbons (Fsp3) is 0.389. The van der Waals surface area contributed by atoms with Crippen molar-refractivity contribution in [2.24, 2.45) is 7.05 Å². The molecule has 9 heteroatoms. The average Bonchev–Trinajstić information content (AvgIpc) is 2.91. The van der Waals surface area contributed by atoms with Gasteiger partial charge in [-0.05, 0) is 25.1 Å². The maximum atomic E-state index is 12.4. The molecule has 0 spiro atoms. The number of benzene rings is 1. The van der Waals surface area contributed by atoms with Crippen molar-refractivity contribution >= 4 is 40.7 Å². The van der Waals surface area contributed by atoms with Crippen LogP contribution in [-0.4, -0.2) is 59.2 Å². The number of carbonyl (C=O) groups excluding carboxylic acids is 2. The number of anilines is 1. The second kappa shape index (κ2) is 8.19. The van der Waals surface area contributed by atoms with Crippen molar-refractivity contribution < 1.29 is 9.59 Å². The first kappa shape index (κ1) is 19.5. The second-order valence-corrected chi connectivity index (χ2v) is 7.20. The summed E-state index contributed by atoms with van der Waals surface area (Å²) in [6.45, 7) is 4.25. The van der Waals surface area contributed by atoms with Crippen molar-refractivity contribution in [2.45, 2.75) is 6.92 Å². The first-order valence-electron chi connectivity index (χ1n) is 8.62. The number of aryl methyl sites for hydroxylation is 2. The van der Waals surface area contributed by atoms with Crippen molar-refractivity contribution in [1.29, 1.82) is 0 Å². The molecule has 1 aliphatic heterocycles. The number of halogens is 2. The zero-order valence-electron chi connectivity index (χ0n) is 15.2. The monoisotopic (exact) mass is 409 g/mol. The van der Waals surface area contributed by atoms with Gasteiger partial charge in [-0.2, -0.15) is 5.10 Å². The van der Waals surface area contributed by atoms with Crippen molar-refractivity contribution in [3.8, 4) is 0 Å². The molecular weight excluding hydrogens is 389 g/mol. The molecule has 1 saturated heterocycles. The SMILES string of the molecule is Cc1nn(C)c(Cl)c1C(=O)NCC(=O)N1CCN(c2cccc(Cl)c2)CC1. The largest absolute Gasteiger partial charge is 0.368 e. The van der Waals surface area contributed by atoms with Crippen LogP contribution in [0.25, 0.3) is 0 Å². The van der Waals surface area contributed by atoms with Gasteiger partial charge < -0.3 is 15.1 Å². The number of aromatic nitrogens is 2. The summed E-state index contributed by atoms with van der Waals surface area (Å²) in [5, 5.41) is 7.70. The summed E-state index contributed by atoms with van der Waals surface area (Å²) in [7, 11) is 1.66. The number of piperazine rings is 1. The predicted molar refractivity (Wildman–Crippen MR) is 106 cm³/mol. The first-order valence-corrected chi connectivity index (χ1v) is 9.38. The summed E-state index contributed by atoms with van der Waals surface area (Å²) in [5.74, 6) is -0.511. The maximum absolute atomic E-state index is 12.4. The van der Waals surface area contributed by atoms with Crippen LogP contribution >= 0.6 is 23.2 Å². The third kappa shape index (κ3) is 4.36. The topological polar surface area (TPSA) is 70.5 Å². The van der Waals surface area contributed by atoms with E-state index in [1.165, 1.54) is 4.68 Å². The van der Waals surface area contributed by atoms with E-state index in [0.29, 0.717) is 42.5 Å². The van der Waals surface area contributed by atoms with Crippen molar-refractivity contribution in [2.75, 3.05) is 37.6 Å². The Morgan fingerprint density at radius 1 is 1.19 bits per heavy atom. The molecule has 1 N–H and O–H groups in total. The lowest BCUT2D eigenvalue weighted by Crippen LogP contribution is -2.51. The summed E-state index contributed by atoms with van der Waals surface area (Å²) in [6, 6.07) is 7.67. The molecule has 1 aromatic carbocycles. The van der Waals surface area contributed by atoms with E-state index in [-0.39, 0.29) is 17.6 Å². The van der Waals surface area contributed by atoms with Gasteiger partial charge in [-0.15, -0.1) is 0 Å². The molecule has 27 heavy (non-hydrogen) atoms. The molecule has 1 aromatic heterocycles. The standard InChI is InChI=1S/C18H21Cl2N5O2/c1-12-16(17(20)23(2)22-12)18(27)21-11-15(26)25-8-6-24(7-9-25)14-5-3-4-13(19)10-14/h3-5,10H,6-9,11H2,1-2H3,(H,21,27). The molecule has 0 unspecified atom stereocenters. The third-order valence-corrected chi connectivity index (χ3v) is 5.25. The van der Waals surface area contributed by atoms with E-state index >= 15 is 0 Å². The minimum atomic E-state index is -0.392. The number of nitrogens with zero attached hydrogens (tertiary/aromatic N) is 4. The van der Waals surface area contributed by atoms with E-state index in [0.717, 1.165) is 5.69 Å². The van der Waals surface area contributed by atoms with Gasteiger partial charge in [0.2, 0.25) is 5.91 Å². The Morgan fingerprint density at radius 2 is 1.89 bits per heavy atom. The highest BCUT2D eigenvalue weighted by Crippen LogP contribution is 2.21. The molecule has 2 amide bonds. The zero-order chi connectivity index (χ0) is 19.6. The molecule has 2 heterocycles. The minimum absolute atomic E-state index is 0.0688. The lowest BCUT2D eigenvalue weighted by molar-refractivity contribution is -0.130. The number of hydrogen-bond acceptors (Lipinski definition) is 4. The predicted octanol–water partition coefficient (Wildman–Crippen LogP) is 2.11. The van der Waals surface area contributed by atoms with Crippen LogP contribution in [0, 0.1) is 6.92 Å². The molecule has 1 fully saturated rings. The van der Waals surface area contributed by atoms with Gasteiger partial charge in [0.1, 0.15) is 5.15 Å². The molecule has 2 aromatic rings. The van der Waals surface area contributed by atoms with Gasteiger partial charge in [0.25, 0.3) is 5.91 Å². The van der Waals surface area contributed by atoms with E-state index in [4.69, 9.17) is 23.2 Å². The normalized spacial score (nSPS) is 14.4. The summed E-state index contributed by atoms with van der Waals surface area (Å²) in [4.78, 5) is 28.7. The van der Waals surface area contributed by atoms with Crippen LogP contribution in [0.2, 0.25) is 10.2 Å². The Labute approximate surface area is 167 Å². The van der Waals surface area contributed by atoms with Crippen molar-refractivity contribution in [3.63, 3.8) is 0 Å². The maximum Gasteiger partial charge on any atom is 0.256 e. The lowest BCUT2D eigenvalue weighted by Gasteiger charge is -2.36. The highest BCUT2D eigenvalue weighted by Gasteiger charge is 2.23. The summed E-state index contributed by atoms with van der Waals surface area (Å²) in [5.41, 5.74) is 1.88. The lowest BCUT2D eigenvalue weighted by atomic mass is 10.2. The van der Waals surface area contributed by atoms with Crippen LogP contribution in [0.15, 0.2) is 24.3 Å². The quantitative estimate of drug-likeness (QED) is 0.839. The van der Waals surface area contributed by atoms with Gasteiger partial charge in [0.15, 0.2) is 0 Å². The number of nitrogens with one attached hydrogen (secondary N) is 1. The van der Waals surface area contributed by atoms with Gasteiger partial charge in [0, 0.05) is 43.9 Å². The Bertz CT molecular complexity index is 859. The molecule has 144 valence electrons. The van der Waals surface area contributed by atoms with Crippen LogP contribution < -0.4 is 10.2 Å². The average molecular weight is 410 g/mol. The summed E-state index contributed by atoms with van der Waals surface area (Å²) < 4.78 is 1.43. The van der Waals surface area contributed by atoms with Crippen molar-refractivity contribution in [1.82, 2.24) is 20.0 Å². The molecule has 7 nitrogen and oxygen atoms in total. The highest BCUT2D eigenvalue weighted by molar-refractivity contribution is 6.33. The first-order chi connectivity index (χ1) is 12.9. The highest BCUT2D eigenvalue weighted by atomic mass is 35.5. The van der Waals surface area contributed by atoms with Crippen LogP contribution in [0.4, 0.5) is 5.69 Å². The molecule has 1 aliphatic rings. The van der Waals surface area contributed by atoms with Gasteiger partial charge in [-0.3, -0.25) is 14.3 Å². The number of hydrogen-bond donors (Lipinski definition) is 1. The number of rotatable bonds is 4. The molecule has 0 aliphatic carbocycles. The molecule has 3 rings (SSSR count). The summed E-state index contributed by atoms with van der Waals surface area (Å²) >= 11 is 12.1. The molecule has 0 atom stereocenters. The molecular formula is C18H21Cl2N5O2. The van der Waals surface area contributed by atoms with Gasteiger partial charge in [-0.25, -0.2) is 0 Å². The smallest absolute Gasteiger partial charge is 0.256 e. The summed E-state index contributed by atoms with van der Waals surface area (Å²) in [6.07, 6.45) is 0. The minimum Gasteiger partial charge on any atom is -0.368 e. The number of carbonyl (C=O) groups is 2. The van der Waals surface area contributed by atoms with Crippen LogP contribution in [-0.2, 0) is 11.8 Å². The Balaban J connectivity index is 1.52. The van der Waals surface area contributed by atoms with Gasteiger partial charge >= 0.3 is 0 Å². The fourth-order valence-electron chi connectivity index (χ4n) is 3.13. The Hall–Kier alpha value is -2.25. The zero-order valence-corrected chi connectivity index (χ0v) is 16.7. The van der Waals surface area contributed by atoms with Crippen LogP contribution in [0.1, 0.15) is 16.1 Å². The fourth-order valence-corrected chi connectivity index (χ4v) is 3.58. The molecule has 0 radical (unpaired) electrons. The van der Waals surface area contributed by atoms with E-state index in [1.54, 1.807) is 18.9 Å². The third-order valence-electron chi connectivity index (χ3n) is 4.59. The Morgan fingerprint density at radius 3 is 2.48 bits per heavy atom. The van der Waals surface area contributed by atoms with Gasteiger partial charge in [-0.1, -0.05) is 29.3 Å². The van der Waals surface area contributed by atoms with E-state index in [2.05, 4.69) is 15.3 Å². The van der Waals surface area contributed by atoms with Crippen LogP contribution in [0.5, 0.6) is 0 Å². The second-order valence-electron chi connectivity index (χ2n) is 6.41. The molecule has 0 bridgehead atoms.